The molecular weight excluding hydrogens is 1860 g/mol. The van der Waals surface area contributed by atoms with Gasteiger partial charge in [0.1, 0.15) is 73.1 Å². The summed E-state index contributed by atoms with van der Waals surface area (Å²) < 4.78 is 69.1. The number of esters is 2. The van der Waals surface area contributed by atoms with Gasteiger partial charge in [-0.25, -0.2) is 28.8 Å². The number of thioether (sulfide) groups is 6. The van der Waals surface area contributed by atoms with Crippen LogP contribution in [0.25, 0.3) is 0 Å². The molecule has 0 unspecified atom stereocenters. The molecule has 0 aromatic heterocycles. The highest BCUT2D eigenvalue weighted by atomic mass is 32.5. The molecule has 0 aliphatic carbocycles. The Morgan fingerprint density at radius 2 is 0.527 bits per heavy atom. The van der Waals surface area contributed by atoms with Crippen LogP contribution in [0, 0.1) is 0 Å². The molecule has 12 aromatic carbocycles. The molecule has 674 valence electrons. The molecule has 0 atom stereocenters. The van der Waals surface area contributed by atoms with E-state index >= 15 is 0 Å². The number of carbonyl (C=O) groups excluding carboxylic acids is 8. The van der Waals surface area contributed by atoms with Gasteiger partial charge in [-0.15, -0.1) is 47.0 Å². The minimum absolute atomic E-state index is 0.119. The Morgan fingerprint density at radius 1 is 0.305 bits per heavy atom. The van der Waals surface area contributed by atoms with Crippen LogP contribution in [0.3, 0.4) is 0 Å². The molecule has 36 heteroatoms. The number of nitrogens with one attached hydrogen (secondary N) is 6. The Bertz CT molecular complexity index is 5470. The maximum absolute atomic E-state index is 13.3. The summed E-state index contributed by atoms with van der Waals surface area (Å²) in [5.41, 5.74) is 2.94. The summed E-state index contributed by atoms with van der Waals surface area (Å²) in [4.78, 5) is 105. The van der Waals surface area contributed by atoms with Crippen LogP contribution in [0.15, 0.2) is 382 Å². The van der Waals surface area contributed by atoms with Crippen LogP contribution in [-0.2, 0) is 61.6 Å². The fourth-order valence-corrected chi connectivity index (χ4v) is 20.0. The molecule has 6 amide bonds. The maximum atomic E-state index is 13.3. The molecule has 0 saturated heterocycles. The van der Waals surface area contributed by atoms with Crippen molar-refractivity contribution in [1.29, 1.82) is 0 Å². The van der Waals surface area contributed by atoms with Crippen molar-refractivity contribution in [3.8, 4) is 34.5 Å². The van der Waals surface area contributed by atoms with E-state index < -0.39 is 62.0 Å². The monoisotopic (exact) mass is 1950 g/mol. The van der Waals surface area contributed by atoms with Gasteiger partial charge in [-0.2, -0.15) is 0 Å². The molecule has 26 nitrogen and oxygen atoms in total. The highest BCUT2D eigenvalue weighted by molar-refractivity contribution is 8.14. The summed E-state index contributed by atoms with van der Waals surface area (Å²) >= 11 is 20.4. The molecule has 12 rings (SSSR count). The highest BCUT2D eigenvalue weighted by Gasteiger charge is 2.30. The van der Waals surface area contributed by atoms with Crippen molar-refractivity contribution in [3.63, 3.8) is 0 Å². The van der Waals surface area contributed by atoms with E-state index in [-0.39, 0.29) is 65.5 Å². The van der Waals surface area contributed by atoms with Gasteiger partial charge in [-0.1, -0.05) is 122 Å². The molecule has 12 aromatic rings. The van der Waals surface area contributed by atoms with E-state index in [4.69, 9.17) is 79.2 Å². The zero-order valence-electron chi connectivity index (χ0n) is 69.8. The lowest BCUT2D eigenvalue weighted by atomic mass is 10.3. The molecule has 131 heavy (non-hydrogen) atoms. The second-order valence-corrected chi connectivity index (χ2v) is 38.9. The number of amides is 6. The second kappa shape index (κ2) is 52.8. The Balaban J connectivity index is 0.000000266. The van der Waals surface area contributed by atoms with Crippen LogP contribution in [0.1, 0.15) is 6.92 Å². The lowest BCUT2D eigenvalue weighted by molar-refractivity contribution is -0.140. The number of carbonyl (C=O) groups is 8. The van der Waals surface area contributed by atoms with Gasteiger partial charge < -0.3 is 66.2 Å². The van der Waals surface area contributed by atoms with Crippen LogP contribution < -0.4 is 59.0 Å². The van der Waals surface area contributed by atoms with Crippen molar-refractivity contribution < 1.29 is 93.9 Å². The van der Waals surface area contributed by atoms with E-state index in [1.807, 2.05) is 182 Å². The summed E-state index contributed by atoms with van der Waals surface area (Å²) in [5.74, 6) is 2.67. The quantitative estimate of drug-likeness (QED) is 0.00517. The third-order valence-electron chi connectivity index (χ3n) is 16.7. The topological polar surface area (TPSA) is 319 Å². The Labute approximate surface area is 793 Å². The Hall–Kier alpha value is -12.7. The van der Waals surface area contributed by atoms with Gasteiger partial charge in [0, 0.05) is 122 Å². The Morgan fingerprint density at radius 3 is 0.771 bits per heavy atom. The average Bonchev–Trinajstić information content (AvgIpc) is 0.822. The van der Waals surface area contributed by atoms with Gasteiger partial charge in [0.15, 0.2) is 0 Å². The van der Waals surface area contributed by atoms with E-state index in [0.717, 1.165) is 59.0 Å². The van der Waals surface area contributed by atoms with Crippen LogP contribution in [0.4, 0.5) is 62.9 Å². The van der Waals surface area contributed by atoms with Gasteiger partial charge in [-0.05, 0) is 249 Å². The predicted octanol–water partition coefficient (Wildman–Crippen LogP) is 25.5. The Kier molecular flexibility index (Phi) is 39.9. The lowest BCUT2D eigenvalue weighted by Crippen LogP contribution is -2.26. The van der Waals surface area contributed by atoms with Gasteiger partial charge in [-0.3, -0.25) is 30.9 Å². The third-order valence-corrected chi connectivity index (χ3v) is 26.8. The van der Waals surface area contributed by atoms with E-state index in [2.05, 4.69) is 45.1 Å². The van der Waals surface area contributed by atoms with Crippen LogP contribution >= 0.6 is 84.0 Å². The zero-order valence-corrected chi connectivity index (χ0v) is 78.1. The molecule has 0 fully saturated rings. The molecule has 0 bridgehead atoms. The largest absolute Gasteiger partial charge is 0.490 e. The first-order valence-corrected chi connectivity index (χ1v) is 50.5. The molecule has 0 aliphatic heterocycles. The van der Waals surface area contributed by atoms with E-state index in [1.165, 1.54) is 6.92 Å². The second-order valence-electron chi connectivity index (χ2n) is 26.9. The predicted molar refractivity (Wildman–Crippen MR) is 527 cm³/mol. The fourth-order valence-electron chi connectivity index (χ4n) is 10.6. The number of anilines is 6. The summed E-state index contributed by atoms with van der Waals surface area (Å²) in [5, 5.41) is 15.9. The lowest BCUT2D eigenvalue weighted by Gasteiger charge is -2.23. The average molecular weight is 1950 g/mol. The van der Waals surface area contributed by atoms with Crippen molar-refractivity contribution in [1.82, 2.24) is 0 Å². The van der Waals surface area contributed by atoms with Crippen molar-refractivity contribution in [3.05, 3.63) is 352 Å². The summed E-state index contributed by atoms with van der Waals surface area (Å²) in [6.45, 7) is 0.331. The van der Waals surface area contributed by atoms with Crippen molar-refractivity contribution in [2.75, 3.05) is 81.3 Å². The van der Waals surface area contributed by atoms with Gasteiger partial charge in [0.2, 0.25) is 0 Å². The zero-order chi connectivity index (χ0) is 92.3. The van der Waals surface area contributed by atoms with Crippen LogP contribution in [-0.4, -0.2) is 108 Å². The van der Waals surface area contributed by atoms with Gasteiger partial charge in [0.25, 0.3) is 10.5 Å². The molecule has 0 heterocycles. The highest BCUT2D eigenvalue weighted by Crippen LogP contribution is 2.52. The van der Waals surface area contributed by atoms with Crippen molar-refractivity contribution in [2.24, 2.45) is 0 Å². The van der Waals surface area contributed by atoms with Crippen LogP contribution in [0.2, 0.25) is 0 Å². The molecule has 0 spiro atoms. The van der Waals surface area contributed by atoms with Gasteiger partial charge >= 0.3 is 49.7 Å². The van der Waals surface area contributed by atoms with E-state index in [9.17, 15) is 38.4 Å². The minimum atomic E-state index is -3.77. The summed E-state index contributed by atoms with van der Waals surface area (Å²) in [7, 11) is 0. The van der Waals surface area contributed by atoms with E-state index in [1.54, 1.807) is 193 Å². The SMILES string of the molecule is C=C(C)C(=O)OCCOC(=O)Nc1ccc(OP(=S)(Oc2ccc(NC(=O)Sc3ccccc3)cc2)Oc2ccc(NC(=O)Sc3ccccc3)cc2)cc1.C=CC(=O)OCCOC(=O)Nc1ccc(OP(=S)(Oc2ccc(NC(=O)OC(CSc3ccccc3)CSc3ccccc3)cc2)Oc2ccc(NC(=O)OC(CSc3ccccc3)CSc3ccccc3)cc2)cc1. The third kappa shape index (κ3) is 37.0. The molecule has 6 N–H and O–H groups in total. The van der Waals surface area contributed by atoms with Crippen molar-refractivity contribution >= 4 is 189 Å². The molecule has 0 aliphatic rings. The number of rotatable bonds is 42. The molecular formula is C95H86N6O20P2S8. The first-order chi connectivity index (χ1) is 63.6. The first-order valence-electron chi connectivity index (χ1n) is 39.8. The number of ether oxygens (including phenoxy) is 6. The number of benzene rings is 12. The fraction of sp³-hybridized carbons (Fsp3) is 0.116. The molecule has 0 saturated carbocycles. The van der Waals surface area contributed by atoms with Gasteiger partial charge in [0.05, 0.1) is 0 Å². The minimum Gasteiger partial charge on any atom is -0.459 e. The standard InChI is InChI=1S/C56H52N3O11PS5.C39H34N3O9PS3/c1-2-53(60)64-35-36-65-54(61)57-41-23-29-44(30-24-41)68-71(72,69-45-31-25-42(26-32-45)58-55(62)66-47(37-73-49-15-7-3-8-16-49)38-74-50-17-9-4-10-18-50)70-46-33-27-43(28-34-46)59-56(63)67-48(39-75-51-19-11-5-12-20-51)40-76-52-21-13-6-14-22-52;1-27(2)36(43)47-25-26-48-37(44)40-28-13-19-31(20-14-28)49-52(53,50-32-21-15-29(16-22-32)41-38(45)54-34-9-5-3-6-10-34)51-33-23-17-30(18-24-33)42-39(46)55-35-11-7-4-8-12-35/h2-34,47-48H,1,35-40H2,(H,57,61)(H,58,62)(H,59,63);3-24H,1,25-26H2,2H3,(H,40,44)(H,41,45)(H,42,46). The van der Waals surface area contributed by atoms with Crippen molar-refractivity contribution in [2.45, 2.75) is 48.5 Å². The first kappa shape index (κ1) is 98.9. The van der Waals surface area contributed by atoms with Crippen LogP contribution in [0.5, 0.6) is 34.5 Å². The summed E-state index contributed by atoms with van der Waals surface area (Å²) in [6.07, 6.45) is -2.57. The van der Waals surface area contributed by atoms with E-state index in [0.29, 0.717) is 68.6 Å². The normalized spacial score (nSPS) is 10.8. The summed E-state index contributed by atoms with van der Waals surface area (Å²) in [6, 6.07) is 96.8. The number of hydrogen-bond donors (Lipinski definition) is 6. The maximum Gasteiger partial charge on any atom is 0.490 e. The smallest absolute Gasteiger partial charge is 0.459 e. The molecule has 0 radical (unpaired) electrons. The number of hydrogen-bond acceptors (Lipinski definition) is 28.